The third kappa shape index (κ3) is 4.55. The highest BCUT2D eigenvalue weighted by Crippen LogP contribution is 2.36. The number of nitrogens with zero attached hydrogens (tertiary/aromatic N) is 1. The Kier molecular flexibility index (Phi) is 5.18. The van der Waals surface area contributed by atoms with Gasteiger partial charge >= 0.3 is 12.4 Å². The molecule has 0 saturated carbocycles. The van der Waals surface area contributed by atoms with Crippen LogP contribution < -0.4 is 4.74 Å². The third-order valence-electron chi connectivity index (χ3n) is 3.72. The molecule has 144 valence electrons. The van der Waals surface area contributed by atoms with Gasteiger partial charge in [0.1, 0.15) is 17.9 Å². The third-order valence-corrected chi connectivity index (χ3v) is 3.72. The Morgan fingerprint density at radius 3 is 2.14 bits per heavy atom. The molecule has 28 heavy (non-hydrogen) atoms. The molecule has 2 aromatic carbocycles. The zero-order valence-corrected chi connectivity index (χ0v) is 14.0. The van der Waals surface area contributed by atoms with Crippen molar-refractivity contribution >= 4 is 10.9 Å². The van der Waals surface area contributed by atoms with Crippen LogP contribution in [-0.4, -0.2) is 11.6 Å². The number of hydrogen-bond donors (Lipinski definition) is 0. The van der Waals surface area contributed by atoms with Crippen LogP contribution in [0, 0.1) is 11.8 Å². The smallest absolute Gasteiger partial charge is 0.416 e. The molecule has 0 bridgehead atoms. The predicted molar refractivity (Wildman–Crippen MR) is 90.6 cm³/mol. The average molecular weight is 395 g/mol. The molecule has 0 spiro atoms. The van der Waals surface area contributed by atoms with Crippen molar-refractivity contribution in [3.63, 3.8) is 0 Å². The van der Waals surface area contributed by atoms with Crippen molar-refractivity contribution in [1.82, 2.24) is 4.98 Å². The molecule has 0 unspecified atom stereocenters. The minimum atomic E-state index is -4.91. The van der Waals surface area contributed by atoms with Crippen molar-refractivity contribution in [2.75, 3.05) is 6.61 Å². The Morgan fingerprint density at radius 2 is 1.50 bits per heavy atom. The minimum Gasteiger partial charge on any atom is -0.479 e. The molecule has 0 fully saturated rings. The van der Waals surface area contributed by atoms with E-state index in [4.69, 9.17) is 4.74 Å². The molecule has 2 nitrogen and oxygen atoms in total. The van der Waals surface area contributed by atoms with Crippen molar-refractivity contribution in [3.05, 3.63) is 71.4 Å². The molecule has 1 aromatic heterocycles. The summed E-state index contributed by atoms with van der Waals surface area (Å²) in [6.07, 6.45) is -8.26. The van der Waals surface area contributed by atoms with Crippen LogP contribution in [0.15, 0.2) is 54.7 Å². The molecule has 0 N–H and O–H groups in total. The van der Waals surface area contributed by atoms with Gasteiger partial charge in [0.25, 0.3) is 0 Å². The van der Waals surface area contributed by atoms with Crippen LogP contribution in [0.1, 0.15) is 16.7 Å². The fourth-order valence-corrected chi connectivity index (χ4v) is 2.47. The molecule has 0 aliphatic heterocycles. The lowest BCUT2D eigenvalue weighted by Gasteiger charge is -2.12. The summed E-state index contributed by atoms with van der Waals surface area (Å²) in [6, 6.07) is 9.97. The van der Waals surface area contributed by atoms with Gasteiger partial charge in [0.15, 0.2) is 0 Å². The number of pyridine rings is 1. The molecule has 0 aliphatic rings. The van der Waals surface area contributed by atoms with Crippen LogP contribution in [0.3, 0.4) is 0 Å². The van der Waals surface area contributed by atoms with Crippen LogP contribution in [0.25, 0.3) is 10.9 Å². The second kappa shape index (κ2) is 7.43. The van der Waals surface area contributed by atoms with Crippen molar-refractivity contribution in [2.45, 2.75) is 12.4 Å². The first-order valence-electron chi connectivity index (χ1n) is 7.89. The van der Waals surface area contributed by atoms with E-state index in [-0.39, 0.29) is 12.7 Å². The molecular formula is C20H11F6NO. The fourth-order valence-electron chi connectivity index (χ4n) is 2.47. The number of alkyl halides is 6. The first-order chi connectivity index (χ1) is 13.1. The summed E-state index contributed by atoms with van der Waals surface area (Å²) >= 11 is 0. The molecular weight excluding hydrogens is 384 g/mol. The van der Waals surface area contributed by atoms with Gasteiger partial charge in [-0.3, -0.25) is 4.98 Å². The highest BCUT2D eigenvalue weighted by atomic mass is 19.4. The monoisotopic (exact) mass is 395 g/mol. The summed E-state index contributed by atoms with van der Waals surface area (Å²) in [5, 5.41) is 0.820. The Bertz CT molecular complexity index is 1020. The molecule has 8 heteroatoms. The minimum absolute atomic E-state index is 0.0590. The number of para-hydroxylation sites is 1. The van der Waals surface area contributed by atoms with Gasteiger partial charge in [-0.05, 0) is 30.3 Å². The number of fused-ring (bicyclic) bond motifs is 1. The molecule has 3 aromatic rings. The molecule has 3 rings (SSSR count). The fraction of sp³-hybridized carbons (Fsp3) is 0.150. The highest BCUT2D eigenvalue weighted by Gasteiger charge is 2.36. The summed E-state index contributed by atoms with van der Waals surface area (Å²) in [6.45, 7) is -0.229. The Morgan fingerprint density at radius 1 is 0.857 bits per heavy atom. The first kappa shape index (κ1) is 19.5. The quantitative estimate of drug-likeness (QED) is 0.410. The SMILES string of the molecule is FC(F)(F)c1cc(C#CCOc2cccc3cccnc23)cc(C(F)(F)F)c1. The zero-order chi connectivity index (χ0) is 20.4. The lowest BCUT2D eigenvalue weighted by atomic mass is 10.1. The molecule has 1 heterocycles. The number of benzene rings is 2. The summed E-state index contributed by atoms with van der Waals surface area (Å²) in [4.78, 5) is 4.17. The Balaban J connectivity index is 1.83. The van der Waals surface area contributed by atoms with Crippen LogP contribution in [0.5, 0.6) is 5.75 Å². The Hall–Kier alpha value is -3.21. The number of ether oxygens (including phenoxy) is 1. The van der Waals surface area contributed by atoms with Gasteiger partial charge < -0.3 is 4.74 Å². The van der Waals surface area contributed by atoms with Gasteiger partial charge in [0, 0.05) is 17.1 Å². The predicted octanol–water partition coefficient (Wildman–Crippen LogP) is 5.70. The maximum atomic E-state index is 12.8. The average Bonchev–Trinajstić information content (AvgIpc) is 2.63. The van der Waals surface area contributed by atoms with Crippen molar-refractivity contribution < 1.29 is 31.1 Å². The summed E-state index contributed by atoms with van der Waals surface area (Å²) in [5.74, 6) is 5.14. The van der Waals surface area contributed by atoms with Crippen LogP contribution in [0.2, 0.25) is 0 Å². The van der Waals surface area contributed by atoms with Crippen molar-refractivity contribution in [1.29, 1.82) is 0 Å². The van der Waals surface area contributed by atoms with E-state index in [1.807, 2.05) is 12.1 Å². The molecule has 0 atom stereocenters. The zero-order valence-electron chi connectivity index (χ0n) is 14.0. The van der Waals surface area contributed by atoms with E-state index in [1.54, 1.807) is 24.4 Å². The van der Waals surface area contributed by atoms with Gasteiger partial charge in [-0.25, -0.2) is 0 Å². The van der Waals surface area contributed by atoms with Gasteiger partial charge in [-0.15, -0.1) is 0 Å². The maximum Gasteiger partial charge on any atom is 0.416 e. The van der Waals surface area contributed by atoms with Crippen LogP contribution >= 0.6 is 0 Å². The van der Waals surface area contributed by atoms with Crippen LogP contribution in [0.4, 0.5) is 26.3 Å². The second-order valence-corrected chi connectivity index (χ2v) is 5.72. The van der Waals surface area contributed by atoms with Crippen molar-refractivity contribution in [3.8, 4) is 17.6 Å². The standard InChI is InChI=1S/C20H11F6NO/c21-19(22,23)15-10-13(11-16(12-15)20(24,25)26)4-3-9-28-17-7-1-5-14-6-2-8-27-18(14)17/h1-2,5-8,10-12H,9H2. The van der Waals surface area contributed by atoms with Gasteiger partial charge in [0.05, 0.1) is 11.1 Å². The summed E-state index contributed by atoms with van der Waals surface area (Å²) in [7, 11) is 0. The highest BCUT2D eigenvalue weighted by molar-refractivity contribution is 5.84. The second-order valence-electron chi connectivity index (χ2n) is 5.72. The van der Waals surface area contributed by atoms with E-state index in [0.29, 0.717) is 23.4 Å². The lowest BCUT2D eigenvalue weighted by molar-refractivity contribution is -0.143. The van der Waals surface area contributed by atoms with Gasteiger partial charge in [-0.1, -0.05) is 30.0 Å². The first-order valence-corrected chi connectivity index (χ1v) is 7.89. The number of aromatic nitrogens is 1. The molecule has 0 amide bonds. The number of rotatable bonds is 2. The molecule has 0 aliphatic carbocycles. The van der Waals surface area contributed by atoms with E-state index < -0.39 is 29.0 Å². The van der Waals surface area contributed by atoms with E-state index in [9.17, 15) is 26.3 Å². The van der Waals surface area contributed by atoms with Crippen LogP contribution in [-0.2, 0) is 12.4 Å². The van der Waals surface area contributed by atoms with E-state index in [2.05, 4.69) is 16.8 Å². The van der Waals surface area contributed by atoms with Gasteiger partial charge in [0.2, 0.25) is 0 Å². The van der Waals surface area contributed by atoms with Crippen molar-refractivity contribution in [2.24, 2.45) is 0 Å². The van der Waals surface area contributed by atoms with E-state index in [0.717, 1.165) is 5.39 Å². The molecule has 0 radical (unpaired) electrons. The summed E-state index contributed by atoms with van der Waals surface area (Å²) < 4.78 is 82.5. The number of halogens is 6. The largest absolute Gasteiger partial charge is 0.479 e. The van der Waals surface area contributed by atoms with E-state index >= 15 is 0 Å². The van der Waals surface area contributed by atoms with Gasteiger partial charge in [-0.2, -0.15) is 26.3 Å². The Labute approximate surface area is 155 Å². The number of hydrogen-bond acceptors (Lipinski definition) is 2. The molecule has 0 saturated heterocycles. The summed E-state index contributed by atoms with van der Waals surface area (Å²) in [5.41, 5.74) is -2.65. The van der Waals surface area contributed by atoms with E-state index in [1.165, 1.54) is 0 Å². The normalized spacial score (nSPS) is 11.8. The maximum absolute atomic E-state index is 12.8. The lowest BCUT2D eigenvalue weighted by Crippen LogP contribution is -2.11. The topological polar surface area (TPSA) is 22.1 Å².